The molecule has 0 radical (unpaired) electrons. The lowest BCUT2D eigenvalue weighted by molar-refractivity contribution is 0.0907. The SMILES string of the molecule is CC1(C)CN(Cc2cc3ccccc3s2)CCC1N.Cl. The average Bonchev–Trinajstić information content (AvgIpc) is 2.75. The Bertz CT molecular complexity index is 546. The van der Waals surface area contributed by atoms with Crippen molar-refractivity contribution in [2.75, 3.05) is 13.1 Å². The number of nitrogens with two attached hydrogens (primary N) is 1. The Kier molecular flexibility index (Phi) is 4.75. The molecule has 1 aromatic heterocycles. The monoisotopic (exact) mass is 310 g/mol. The molecule has 1 saturated heterocycles. The quantitative estimate of drug-likeness (QED) is 0.912. The van der Waals surface area contributed by atoms with Crippen LogP contribution in [0.5, 0.6) is 0 Å². The fraction of sp³-hybridized carbons (Fsp3) is 0.500. The molecule has 1 unspecified atom stereocenters. The van der Waals surface area contributed by atoms with E-state index in [0.717, 1.165) is 26.1 Å². The summed E-state index contributed by atoms with van der Waals surface area (Å²) in [6.07, 6.45) is 1.11. The van der Waals surface area contributed by atoms with Crippen molar-refractivity contribution < 1.29 is 0 Å². The highest BCUT2D eigenvalue weighted by atomic mass is 35.5. The second-order valence-electron chi connectivity index (χ2n) is 6.34. The van der Waals surface area contributed by atoms with Crippen LogP contribution in [-0.2, 0) is 6.54 Å². The van der Waals surface area contributed by atoms with E-state index < -0.39 is 0 Å². The summed E-state index contributed by atoms with van der Waals surface area (Å²) in [5, 5.41) is 1.37. The van der Waals surface area contributed by atoms with Gasteiger partial charge in [0.05, 0.1) is 0 Å². The first-order valence-electron chi connectivity index (χ1n) is 7.00. The molecule has 2 N–H and O–H groups in total. The van der Waals surface area contributed by atoms with Crippen LogP contribution >= 0.6 is 23.7 Å². The van der Waals surface area contributed by atoms with Crippen molar-refractivity contribution in [3.8, 4) is 0 Å². The number of nitrogens with zero attached hydrogens (tertiary/aromatic N) is 1. The molecule has 1 aromatic carbocycles. The highest BCUT2D eigenvalue weighted by molar-refractivity contribution is 7.19. The van der Waals surface area contributed by atoms with Crippen molar-refractivity contribution in [2.45, 2.75) is 32.9 Å². The molecule has 2 heterocycles. The van der Waals surface area contributed by atoms with Crippen LogP contribution in [0, 0.1) is 5.41 Å². The molecular weight excluding hydrogens is 288 g/mol. The minimum absolute atomic E-state index is 0. The molecule has 0 bridgehead atoms. The maximum atomic E-state index is 6.21. The predicted octanol–water partition coefficient (Wildman–Crippen LogP) is 3.88. The van der Waals surface area contributed by atoms with Gasteiger partial charge in [0.25, 0.3) is 0 Å². The van der Waals surface area contributed by atoms with E-state index in [2.05, 4.69) is 49.1 Å². The maximum Gasteiger partial charge on any atom is 0.0346 e. The van der Waals surface area contributed by atoms with Gasteiger partial charge < -0.3 is 5.73 Å². The number of rotatable bonds is 2. The molecule has 0 spiro atoms. The summed E-state index contributed by atoms with van der Waals surface area (Å²) in [5.41, 5.74) is 6.44. The van der Waals surface area contributed by atoms with Gasteiger partial charge in [-0.05, 0) is 29.4 Å². The third kappa shape index (κ3) is 3.17. The Morgan fingerprint density at radius 2 is 2.10 bits per heavy atom. The Balaban J connectivity index is 0.00000147. The highest BCUT2D eigenvalue weighted by Crippen LogP contribution is 2.31. The van der Waals surface area contributed by atoms with Gasteiger partial charge in [0.1, 0.15) is 0 Å². The molecule has 110 valence electrons. The fourth-order valence-corrected chi connectivity index (χ4v) is 4.06. The molecule has 1 atom stereocenters. The zero-order chi connectivity index (χ0) is 13.5. The van der Waals surface area contributed by atoms with Gasteiger partial charge in [-0.3, -0.25) is 4.90 Å². The van der Waals surface area contributed by atoms with Crippen LogP contribution in [0.4, 0.5) is 0 Å². The molecule has 2 nitrogen and oxygen atoms in total. The number of hydrogen-bond donors (Lipinski definition) is 1. The summed E-state index contributed by atoms with van der Waals surface area (Å²) in [6.45, 7) is 7.86. The Labute approximate surface area is 131 Å². The van der Waals surface area contributed by atoms with Crippen molar-refractivity contribution in [3.05, 3.63) is 35.2 Å². The van der Waals surface area contributed by atoms with Gasteiger partial charge in [-0.25, -0.2) is 0 Å². The minimum Gasteiger partial charge on any atom is -0.327 e. The second-order valence-corrected chi connectivity index (χ2v) is 7.51. The van der Waals surface area contributed by atoms with Crippen LogP contribution in [-0.4, -0.2) is 24.0 Å². The number of likely N-dealkylation sites (tertiary alicyclic amines) is 1. The number of thiophene rings is 1. The molecule has 20 heavy (non-hydrogen) atoms. The summed E-state index contributed by atoms with van der Waals surface area (Å²) in [4.78, 5) is 4.01. The van der Waals surface area contributed by atoms with Crippen LogP contribution in [0.2, 0.25) is 0 Å². The Hall–Kier alpha value is -0.610. The standard InChI is InChI=1S/C16H22N2S.ClH/c1-16(2)11-18(8-7-15(16)17)10-13-9-12-5-3-4-6-14(12)19-13;/h3-6,9,15H,7-8,10-11,17H2,1-2H3;1H. The van der Waals surface area contributed by atoms with Crippen molar-refractivity contribution in [3.63, 3.8) is 0 Å². The number of piperidine rings is 1. The summed E-state index contributed by atoms with van der Waals surface area (Å²) in [7, 11) is 0. The smallest absolute Gasteiger partial charge is 0.0346 e. The molecule has 4 heteroatoms. The first-order valence-corrected chi connectivity index (χ1v) is 7.82. The minimum atomic E-state index is 0. The number of hydrogen-bond acceptors (Lipinski definition) is 3. The molecular formula is C16H23ClN2S. The van der Waals surface area contributed by atoms with E-state index in [1.807, 2.05) is 11.3 Å². The van der Waals surface area contributed by atoms with E-state index in [0.29, 0.717) is 6.04 Å². The van der Waals surface area contributed by atoms with E-state index in [1.54, 1.807) is 0 Å². The molecule has 2 aromatic rings. The van der Waals surface area contributed by atoms with E-state index >= 15 is 0 Å². The molecule has 1 aliphatic rings. The van der Waals surface area contributed by atoms with Gasteiger partial charge in [0.15, 0.2) is 0 Å². The lowest BCUT2D eigenvalue weighted by Crippen LogP contribution is -2.51. The largest absolute Gasteiger partial charge is 0.327 e. The van der Waals surface area contributed by atoms with E-state index in [4.69, 9.17) is 5.73 Å². The van der Waals surface area contributed by atoms with Crippen LogP contribution in [0.15, 0.2) is 30.3 Å². The van der Waals surface area contributed by atoms with Gasteiger partial charge in [-0.1, -0.05) is 32.0 Å². The van der Waals surface area contributed by atoms with Gasteiger partial charge in [-0.2, -0.15) is 0 Å². The number of halogens is 1. The molecule has 0 amide bonds. The first kappa shape index (κ1) is 15.8. The third-order valence-corrected chi connectivity index (χ3v) is 5.35. The molecule has 0 aliphatic carbocycles. The van der Waals surface area contributed by atoms with Gasteiger partial charge in [-0.15, -0.1) is 23.7 Å². The highest BCUT2D eigenvalue weighted by Gasteiger charge is 2.33. The summed E-state index contributed by atoms with van der Waals surface area (Å²) in [6, 6.07) is 11.3. The van der Waals surface area contributed by atoms with Crippen LogP contribution in [0.3, 0.4) is 0 Å². The summed E-state index contributed by atoms with van der Waals surface area (Å²) >= 11 is 1.92. The fourth-order valence-electron chi connectivity index (χ4n) is 2.96. The van der Waals surface area contributed by atoms with Crippen molar-refractivity contribution in [1.82, 2.24) is 4.90 Å². The molecule has 1 aliphatic heterocycles. The zero-order valence-corrected chi connectivity index (χ0v) is 13.8. The lowest BCUT2D eigenvalue weighted by atomic mass is 9.80. The van der Waals surface area contributed by atoms with Gasteiger partial charge in [0.2, 0.25) is 0 Å². The number of benzene rings is 1. The molecule has 3 rings (SSSR count). The third-order valence-electron chi connectivity index (χ3n) is 4.25. The van der Waals surface area contributed by atoms with Gasteiger partial charge in [0, 0.05) is 35.3 Å². The topological polar surface area (TPSA) is 29.3 Å². The molecule has 0 saturated carbocycles. The summed E-state index contributed by atoms with van der Waals surface area (Å²) in [5.74, 6) is 0. The van der Waals surface area contributed by atoms with Crippen molar-refractivity contribution >= 4 is 33.8 Å². The second kappa shape index (κ2) is 6.02. The zero-order valence-electron chi connectivity index (χ0n) is 12.1. The molecule has 1 fully saturated rings. The summed E-state index contributed by atoms with van der Waals surface area (Å²) < 4.78 is 1.39. The van der Waals surface area contributed by atoms with E-state index in [9.17, 15) is 0 Å². The van der Waals surface area contributed by atoms with Crippen LogP contribution in [0.1, 0.15) is 25.1 Å². The normalized spacial score (nSPS) is 22.6. The predicted molar refractivity (Wildman–Crippen MR) is 90.7 cm³/mol. The van der Waals surface area contributed by atoms with E-state index in [1.165, 1.54) is 15.0 Å². The van der Waals surface area contributed by atoms with Crippen LogP contribution < -0.4 is 5.73 Å². The Morgan fingerprint density at radius 1 is 1.35 bits per heavy atom. The maximum absolute atomic E-state index is 6.21. The van der Waals surface area contributed by atoms with Crippen LogP contribution in [0.25, 0.3) is 10.1 Å². The Morgan fingerprint density at radius 3 is 2.80 bits per heavy atom. The van der Waals surface area contributed by atoms with Crippen molar-refractivity contribution in [1.29, 1.82) is 0 Å². The van der Waals surface area contributed by atoms with Gasteiger partial charge >= 0.3 is 0 Å². The van der Waals surface area contributed by atoms with E-state index in [-0.39, 0.29) is 17.8 Å². The van der Waals surface area contributed by atoms with Crippen molar-refractivity contribution in [2.24, 2.45) is 11.1 Å². The number of fused-ring (bicyclic) bond motifs is 1. The lowest BCUT2D eigenvalue weighted by Gasteiger charge is -2.42. The average molecular weight is 311 g/mol. The first-order chi connectivity index (χ1) is 9.04.